The van der Waals surface area contributed by atoms with Crippen molar-refractivity contribution in [2.24, 2.45) is 0 Å². The minimum absolute atomic E-state index is 0.139. The second kappa shape index (κ2) is 6.84. The molecule has 0 unspecified atom stereocenters. The number of carbonyl (C=O) groups is 1. The lowest BCUT2D eigenvalue weighted by Gasteiger charge is -2.30. The fraction of sp³-hybridized carbons (Fsp3) is 0.562. The molecule has 7 nitrogen and oxygen atoms in total. The highest BCUT2D eigenvalue weighted by Gasteiger charge is 2.29. The maximum absolute atomic E-state index is 12.7. The van der Waals surface area contributed by atoms with E-state index in [0.29, 0.717) is 35.7 Å². The van der Waals surface area contributed by atoms with Crippen LogP contribution in [0.25, 0.3) is 0 Å². The standard InChI is InChI=1S/C16H20ClN5O2/c1-9(2)14-18-8-12(17)13(20-14)16(23)22-6-4-11(5-7-22)15-19-10(3)21-24-15/h8-9,11H,4-7H2,1-3H3. The van der Waals surface area contributed by atoms with Crippen LogP contribution >= 0.6 is 11.6 Å². The van der Waals surface area contributed by atoms with E-state index in [4.69, 9.17) is 16.1 Å². The topological polar surface area (TPSA) is 85.0 Å². The van der Waals surface area contributed by atoms with Gasteiger partial charge in [-0.3, -0.25) is 4.79 Å². The molecule has 0 aromatic carbocycles. The SMILES string of the molecule is Cc1noc(C2CCN(C(=O)c3nc(C(C)C)ncc3Cl)CC2)n1. The highest BCUT2D eigenvalue weighted by Crippen LogP contribution is 2.28. The van der Waals surface area contributed by atoms with Crippen molar-refractivity contribution < 1.29 is 9.32 Å². The summed E-state index contributed by atoms with van der Waals surface area (Å²) in [6.07, 6.45) is 3.07. The van der Waals surface area contributed by atoms with Crippen molar-refractivity contribution in [3.05, 3.63) is 34.5 Å². The van der Waals surface area contributed by atoms with E-state index in [1.807, 2.05) is 13.8 Å². The molecule has 2 aromatic heterocycles. The van der Waals surface area contributed by atoms with E-state index in [9.17, 15) is 4.79 Å². The number of amides is 1. The van der Waals surface area contributed by atoms with Crippen LogP contribution in [0.2, 0.25) is 5.02 Å². The number of rotatable bonds is 3. The summed E-state index contributed by atoms with van der Waals surface area (Å²) in [5, 5.41) is 4.12. The molecule has 1 aliphatic rings. The van der Waals surface area contributed by atoms with Crippen LogP contribution < -0.4 is 0 Å². The first kappa shape index (κ1) is 16.8. The van der Waals surface area contributed by atoms with Crippen molar-refractivity contribution in [2.45, 2.75) is 45.4 Å². The minimum atomic E-state index is -0.149. The largest absolute Gasteiger partial charge is 0.339 e. The van der Waals surface area contributed by atoms with E-state index in [2.05, 4.69) is 20.1 Å². The Bertz CT molecular complexity index is 738. The van der Waals surface area contributed by atoms with E-state index >= 15 is 0 Å². The summed E-state index contributed by atoms with van der Waals surface area (Å²) >= 11 is 6.14. The molecule has 0 bridgehead atoms. The van der Waals surface area contributed by atoms with Crippen LogP contribution in [0, 0.1) is 6.92 Å². The fourth-order valence-corrected chi connectivity index (χ4v) is 2.94. The summed E-state index contributed by atoms with van der Waals surface area (Å²) < 4.78 is 5.24. The van der Waals surface area contributed by atoms with Gasteiger partial charge in [0, 0.05) is 24.9 Å². The number of aryl methyl sites for hydroxylation is 1. The van der Waals surface area contributed by atoms with E-state index in [1.54, 1.807) is 11.8 Å². The molecule has 2 aromatic rings. The Morgan fingerprint density at radius 3 is 2.62 bits per heavy atom. The lowest BCUT2D eigenvalue weighted by atomic mass is 9.96. The molecule has 128 valence electrons. The molecule has 0 radical (unpaired) electrons. The van der Waals surface area contributed by atoms with Gasteiger partial charge in [0.05, 0.1) is 11.2 Å². The van der Waals surface area contributed by atoms with E-state index in [1.165, 1.54) is 6.20 Å². The quantitative estimate of drug-likeness (QED) is 0.846. The number of piperidine rings is 1. The van der Waals surface area contributed by atoms with Gasteiger partial charge in [0.2, 0.25) is 5.89 Å². The molecule has 8 heteroatoms. The van der Waals surface area contributed by atoms with Gasteiger partial charge in [-0.1, -0.05) is 30.6 Å². The Hall–Kier alpha value is -2.02. The summed E-state index contributed by atoms with van der Waals surface area (Å²) in [4.78, 5) is 27.3. The summed E-state index contributed by atoms with van der Waals surface area (Å²) in [6, 6.07) is 0. The van der Waals surface area contributed by atoms with Gasteiger partial charge in [-0.25, -0.2) is 9.97 Å². The van der Waals surface area contributed by atoms with Gasteiger partial charge in [0.25, 0.3) is 5.91 Å². The average Bonchev–Trinajstić information content (AvgIpc) is 3.01. The Kier molecular flexibility index (Phi) is 4.80. The van der Waals surface area contributed by atoms with Gasteiger partial charge in [0.1, 0.15) is 5.82 Å². The van der Waals surface area contributed by atoms with Crippen LogP contribution in [0.1, 0.15) is 66.6 Å². The molecule has 0 spiro atoms. The molecular weight excluding hydrogens is 330 g/mol. The van der Waals surface area contributed by atoms with Crippen molar-refractivity contribution in [2.75, 3.05) is 13.1 Å². The number of halogens is 1. The third-order valence-electron chi connectivity index (χ3n) is 4.16. The lowest BCUT2D eigenvalue weighted by molar-refractivity contribution is 0.0698. The highest BCUT2D eigenvalue weighted by molar-refractivity contribution is 6.33. The lowest BCUT2D eigenvalue weighted by Crippen LogP contribution is -2.38. The first-order valence-electron chi connectivity index (χ1n) is 8.07. The van der Waals surface area contributed by atoms with Crippen molar-refractivity contribution >= 4 is 17.5 Å². The van der Waals surface area contributed by atoms with Crippen molar-refractivity contribution in [3.8, 4) is 0 Å². The van der Waals surface area contributed by atoms with Crippen LogP contribution in [-0.2, 0) is 0 Å². The van der Waals surface area contributed by atoms with Crippen LogP contribution in [0.5, 0.6) is 0 Å². The van der Waals surface area contributed by atoms with Crippen LogP contribution in [0.4, 0.5) is 0 Å². The second-order valence-corrected chi connectivity index (χ2v) is 6.73. The summed E-state index contributed by atoms with van der Waals surface area (Å²) in [5.74, 6) is 2.10. The Morgan fingerprint density at radius 1 is 1.33 bits per heavy atom. The number of nitrogens with zero attached hydrogens (tertiary/aromatic N) is 5. The Morgan fingerprint density at radius 2 is 2.04 bits per heavy atom. The molecule has 3 rings (SSSR count). The Balaban J connectivity index is 1.70. The third kappa shape index (κ3) is 3.40. The smallest absolute Gasteiger partial charge is 0.274 e. The highest BCUT2D eigenvalue weighted by atomic mass is 35.5. The molecule has 1 amide bonds. The summed E-state index contributed by atoms with van der Waals surface area (Å²) in [6.45, 7) is 6.99. The molecule has 1 fully saturated rings. The monoisotopic (exact) mass is 349 g/mol. The van der Waals surface area contributed by atoms with Crippen LogP contribution in [-0.4, -0.2) is 44.0 Å². The maximum Gasteiger partial charge on any atom is 0.274 e. The molecule has 0 N–H and O–H groups in total. The predicted molar refractivity (Wildman–Crippen MR) is 88.0 cm³/mol. The van der Waals surface area contributed by atoms with E-state index < -0.39 is 0 Å². The zero-order chi connectivity index (χ0) is 17.3. The van der Waals surface area contributed by atoms with Crippen LogP contribution in [0.3, 0.4) is 0 Å². The second-order valence-electron chi connectivity index (χ2n) is 6.33. The maximum atomic E-state index is 12.7. The molecular formula is C16H20ClN5O2. The van der Waals surface area contributed by atoms with Gasteiger partial charge < -0.3 is 9.42 Å². The number of hydrogen-bond donors (Lipinski definition) is 0. The molecule has 0 aliphatic carbocycles. The molecule has 0 saturated carbocycles. The molecule has 0 atom stereocenters. The van der Waals surface area contributed by atoms with Gasteiger partial charge in [-0.05, 0) is 19.8 Å². The number of aromatic nitrogens is 4. The number of carbonyl (C=O) groups excluding carboxylic acids is 1. The van der Waals surface area contributed by atoms with Crippen molar-refractivity contribution in [1.29, 1.82) is 0 Å². The van der Waals surface area contributed by atoms with Gasteiger partial charge in [0.15, 0.2) is 11.5 Å². The van der Waals surface area contributed by atoms with E-state index in [-0.39, 0.29) is 23.4 Å². The normalized spacial score (nSPS) is 16.0. The predicted octanol–water partition coefficient (Wildman–Crippen LogP) is 2.96. The molecule has 24 heavy (non-hydrogen) atoms. The van der Waals surface area contributed by atoms with Gasteiger partial charge >= 0.3 is 0 Å². The fourth-order valence-electron chi connectivity index (χ4n) is 2.77. The first-order chi connectivity index (χ1) is 11.5. The average molecular weight is 350 g/mol. The van der Waals surface area contributed by atoms with Gasteiger partial charge in [-0.15, -0.1) is 0 Å². The number of likely N-dealkylation sites (tertiary alicyclic amines) is 1. The number of hydrogen-bond acceptors (Lipinski definition) is 6. The van der Waals surface area contributed by atoms with Gasteiger partial charge in [-0.2, -0.15) is 4.98 Å². The zero-order valence-electron chi connectivity index (χ0n) is 14.0. The molecule has 1 saturated heterocycles. The minimum Gasteiger partial charge on any atom is -0.339 e. The van der Waals surface area contributed by atoms with Crippen LogP contribution in [0.15, 0.2) is 10.7 Å². The van der Waals surface area contributed by atoms with Crippen molar-refractivity contribution in [3.63, 3.8) is 0 Å². The first-order valence-corrected chi connectivity index (χ1v) is 8.45. The zero-order valence-corrected chi connectivity index (χ0v) is 14.7. The molecule has 3 heterocycles. The third-order valence-corrected chi connectivity index (χ3v) is 4.43. The van der Waals surface area contributed by atoms with E-state index in [0.717, 1.165) is 12.8 Å². The summed E-state index contributed by atoms with van der Waals surface area (Å²) in [5.41, 5.74) is 0.280. The van der Waals surface area contributed by atoms with Crippen molar-refractivity contribution in [1.82, 2.24) is 25.0 Å². The molecule has 1 aliphatic heterocycles. The Labute approximate surface area is 145 Å². The summed E-state index contributed by atoms with van der Waals surface area (Å²) in [7, 11) is 0.